The molecule has 3 rings (SSSR count). The Labute approximate surface area is 203 Å². The lowest BCUT2D eigenvalue weighted by Crippen LogP contribution is -2.60. The maximum absolute atomic E-state index is 13.4. The molecule has 3 amide bonds. The Morgan fingerprint density at radius 2 is 1.86 bits per heavy atom. The zero-order valence-electron chi connectivity index (χ0n) is 20.2. The molecule has 0 saturated carbocycles. The van der Waals surface area contributed by atoms with Crippen molar-refractivity contribution in [2.45, 2.75) is 37.4 Å². The lowest BCUT2D eigenvalue weighted by Gasteiger charge is -2.39. The Morgan fingerprint density at radius 3 is 2.57 bits per heavy atom. The number of nitrogens with one attached hydrogen (secondary N) is 3. The number of ether oxygens (including phenoxy) is 3. The van der Waals surface area contributed by atoms with E-state index >= 15 is 0 Å². The van der Waals surface area contributed by atoms with Gasteiger partial charge in [0.1, 0.15) is 25.3 Å². The lowest BCUT2D eigenvalue weighted by molar-refractivity contribution is -0.149. The minimum Gasteiger partial charge on any atom is -0.467 e. The first-order valence-corrected chi connectivity index (χ1v) is 11.4. The molecule has 1 aliphatic heterocycles. The number of methoxy groups -OCH3 is 3. The highest BCUT2D eigenvalue weighted by molar-refractivity contribution is 5.92. The van der Waals surface area contributed by atoms with Gasteiger partial charge in [0.15, 0.2) is 0 Å². The van der Waals surface area contributed by atoms with Crippen molar-refractivity contribution in [3.8, 4) is 0 Å². The summed E-state index contributed by atoms with van der Waals surface area (Å²) in [6, 6.07) is 5.46. The van der Waals surface area contributed by atoms with E-state index < -0.39 is 24.0 Å². The molecular weight excluding hydrogens is 456 g/mol. The smallest absolute Gasteiger partial charge is 0.328 e. The fraction of sp³-hybridized carbons (Fsp3) is 0.500. The van der Waals surface area contributed by atoms with Crippen molar-refractivity contribution in [2.24, 2.45) is 0 Å². The molecule has 1 aromatic carbocycles. The van der Waals surface area contributed by atoms with Crippen LogP contribution in [-0.4, -0.2) is 92.8 Å². The second-order valence-electron chi connectivity index (χ2n) is 8.41. The number of para-hydroxylation sites is 1. The SMILES string of the molecule is COCC(=O)N[C@H]1CCN(C(=O)COC)[C@H](C(=O)N[C@H](Cc2c[nH]c3ccccc23)C(=O)OC)C1. The predicted octanol–water partition coefficient (Wildman–Crippen LogP) is 0.137. The summed E-state index contributed by atoms with van der Waals surface area (Å²) in [4.78, 5) is 55.2. The summed E-state index contributed by atoms with van der Waals surface area (Å²) in [6.45, 7) is -0.0292. The fourth-order valence-corrected chi connectivity index (χ4v) is 4.37. The summed E-state index contributed by atoms with van der Waals surface area (Å²) in [5.41, 5.74) is 1.76. The van der Waals surface area contributed by atoms with Crippen LogP contribution in [0.5, 0.6) is 0 Å². The highest BCUT2D eigenvalue weighted by Crippen LogP contribution is 2.21. The van der Waals surface area contributed by atoms with Crippen LogP contribution in [0.4, 0.5) is 0 Å². The van der Waals surface area contributed by atoms with Crippen molar-refractivity contribution in [3.05, 3.63) is 36.0 Å². The Bertz CT molecular complexity index is 1050. The number of amides is 3. The van der Waals surface area contributed by atoms with Crippen molar-refractivity contribution >= 4 is 34.6 Å². The van der Waals surface area contributed by atoms with E-state index in [0.717, 1.165) is 16.5 Å². The second kappa shape index (κ2) is 12.3. The normalized spacial score (nSPS) is 18.7. The van der Waals surface area contributed by atoms with Gasteiger partial charge in [0.2, 0.25) is 17.7 Å². The topological polar surface area (TPSA) is 139 Å². The number of esters is 1. The van der Waals surface area contributed by atoms with Crippen LogP contribution in [0.15, 0.2) is 30.5 Å². The zero-order valence-corrected chi connectivity index (χ0v) is 20.2. The van der Waals surface area contributed by atoms with E-state index in [1.165, 1.54) is 26.2 Å². The molecule has 11 nitrogen and oxygen atoms in total. The molecule has 1 fully saturated rings. The number of benzene rings is 1. The average Bonchev–Trinajstić information content (AvgIpc) is 3.26. The van der Waals surface area contributed by atoms with Crippen LogP contribution in [0.1, 0.15) is 18.4 Å². The number of carbonyl (C=O) groups is 4. The van der Waals surface area contributed by atoms with Gasteiger partial charge in [-0.05, 0) is 24.5 Å². The van der Waals surface area contributed by atoms with Crippen LogP contribution < -0.4 is 10.6 Å². The third-order valence-electron chi connectivity index (χ3n) is 6.03. The molecule has 1 saturated heterocycles. The van der Waals surface area contributed by atoms with Gasteiger partial charge in [-0.15, -0.1) is 0 Å². The molecule has 0 radical (unpaired) electrons. The average molecular weight is 489 g/mol. The number of nitrogens with zero attached hydrogens (tertiary/aromatic N) is 1. The van der Waals surface area contributed by atoms with Crippen LogP contribution in [0.3, 0.4) is 0 Å². The Morgan fingerprint density at radius 1 is 1.11 bits per heavy atom. The molecule has 190 valence electrons. The van der Waals surface area contributed by atoms with E-state index in [4.69, 9.17) is 14.2 Å². The van der Waals surface area contributed by atoms with Gasteiger partial charge in [0.25, 0.3) is 0 Å². The van der Waals surface area contributed by atoms with E-state index in [-0.39, 0.29) is 50.5 Å². The summed E-state index contributed by atoms with van der Waals surface area (Å²) in [5.74, 6) is -1.75. The molecule has 3 atom stereocenters. The highest BCUT2D eigenvalue weighted by atomic mass is 16.5. The monoisotopic (exact) mass is 488 g/mol. The number of piperidine rings is 1. The van der Waals surface area contributed by atoms with Gasteiger partial charge >= 0.3 is 5.97 Å². The molecule has 1 aliphatic rings. The van der Waals surface area contributed by atoms with Crippen molar-refractivity contribution in [2.75, 3.05) is 41.1 Å². The third kappa shape index (κ3) is 6.58. The molecule has 3 N–H and O–H groups in total. The number of aromatic amines is 1. The number of aromatic nitrogens is 1. The Kier molecular flexibility index (Phi) is 9.21. The fourth-order valence-electron chi connectivity index (χ4n) is 4.37. The van der Waals surface area contributed by atoms with Crippen LogP contribution in [0.25, 0.3) is 10.9 Å². The molecule has 0 unspecified atom stereocenters. The molecule has 0 aliphatic carbocycles. The number of hydrogen-bond donors (Lipinski definition) is 3. The summed E-state index contributed by atoms with van der Waals surface area (Å²) in [6.07, 6.45) is 2.67. The van der Waals surface area contributed by atoms with Crippen molar-refractivity contribution in [1.29, 1.82) is 0 Å². The molecule has 0 spiro atoms. The number of carbonyl (C=O) groups excluding carboxylic acids is 4. The van der Waals surface area contributed by atoms with Gasteiger partial charge < -0.3 is 34.7 Å². The standard InChI is InChI=1S/C24H32N4O7/c1-33-13-21(29)26-16-8-9-28(22(30)14-34-2)20(11-16)23(31)27-19(24(32)35-3)10-15-12-25-18-7-5-4-6-17(15)18/h4-7,12,16,19-20,25H,8-11,13-14H2,1-3H3,(H,26,29)(H,27,31)/t16-,19+,20-/m0/s1. The summed E-state index contributed by atoms with van der Waals surface area (Å²) in [5, 5.41) is 6.53. The molecule has 35 heavy (non-hydrogen) atoms. The molecular formula is C24H32N4O7. The van der Waals surface area contributed by atoms with E-state index in [2.05, 4.69) is 15.6 Å². The first-order valence-electron chi connectivity index (χ1n) is 11.4. The van der Waals surface area contributed by atoms with E-state index in [0.29, 0.717) is 6.42 Å². The third-order valence-corrected chi connectivity index (χ3v) is 6.03. The van der Waals surface area contributed by atoms with E-state index in [1.807, 2.05) is 24.3 Å². The maximum atomic E-state index is 13.4. The van der Waals surface area contributed by atoms with Crippen LogP contribution in [0, 0.1) is 0 Å². The number of hydrogen-bond acceptors (Lipinski definition) is 7. The predicted molar refractivity (Wildman–Crippen MR) is 126 cm³/mol. The number of H-pyrrole nitrogens is 1. The van der Waals surface area contributed by atoms with Gasteiger partial charge in [-0.3, -0.25) is 14.4 Å². The number of rotatable bonds is 10. The Balaban J connectivity index is 1.78. The van der Waals surface area contributed by atoms with Crippen LogP contribution in [0.2, 0.25) is 0 Å². The first kappa shape index (κ1) is 26.2. The highest BCUT2D eigenvalue weighted by Gasteiger charge is 2.38. The van der Waals surface area contributed by atoms with Crippen molar-refractivity contribution < 1.29 is 33.4 Å². The maximum Gasteiger partial charge on any atom is 0.328 e. The van der Waals surface area contributed by atoms with Crippen LogP contribution >= 0.6 is 0 Å². The van der Waals surface area contributed by atoms with Gasteiger partial charge in [-0.2, -0.15) is 0 Å². The van der Waals surface area contributed by atoms with E-state index in [9.17, 15) is 19.2 Å². The largest absolute Gasteiger partial charge is 0.467 e. The molecule has 1 aromatic heterocycles. The summed E-state index contributed by atoms with van der Waals surface area (Å²) in [7, 11) is 4.08. The molecule has 2 heterocycles. The molecule has 0 bridgehead atoms. The quantitative estimate of drug-likeness (QED) is 0.404. The molecule has 11 heteroatoms. The second-order valence-corrected chi connectivity index (χ2v) is 8.41. The van der Waals surface area contributed by atoms with Crippen molar-refractivity contribution in [1.82, 2.24) is 20.5 Å². The van der Waals surface area contributed by atoms with Gasteiger partial charge in [0, 0.05) is 50.3 Å². The Hall–Kier alpha value is -3.44. The summed E-state index contributed by atoms with van der Waals surface area (Å²) >= 11 is 0. The molecule has 2 aromatic rings. The van der Waals surface area contributed by atoms with Gasteiger partial charge in [0.05, 0.1) is 7.11 Å². The van der Waals surface area contributed by atoms with Crippen LogP contribution in [-0.2, 0) is 39.8 Å². The number of fused-ring (bicyclic) bond motifs is 1. The summed E-state index contributed by atoms with van der Waals surface area (Å²) < 4.78 is 14.8. The minimum absolute atomic E-state index is 0.102. The lowest BCUT2D eigenvalue weighted by atomic mass is 9.95. The number of likely N-dealkylation sites (tertiary alicyclic amines) is 1. The van der Waals surface area contributed by atoms with Gasteiger partial charge in [-0.25, -0.2) is 4.79 Å². The minimum atomic E-state index is -0.963. The van der Waals surface area contributed by atoms with Crippen molar-refractivity contribution in [3.63, 3.8) is 0 Å². The first-order chi connectivity index (χ1) is 16.9. The zero-order chi connectivity index (χ0) is 25.4. The van der Waals surface area contributed by atoms with E-state index in [1.54, 1.807) is 6.20 Å². The van der Waals surface area contributed by atoms with Gasteiger partial charge in [-0.1, -0.05) is 18.2 Å².